The molecular weight excluding hydrogens is 388 g/mol. The van der Waals surface area contributed by atoms with Crippen molar-refractivity contribution >= 4 is 23.6 Å². The van der Waals surface area contributed by atoms with Gasteiger partial charge in [0.25, 0.3) is 5.91 Å². The largest absolute Gasteiger partial charge is 0.456 e. The molecule has 0 fully saturated rings. The van der Waals surface area contributed by atoms with E-state index in [1.54, 1.807) is 37.4 Å². The Morgan fingerprint density at radius 1 is 1.13 bits per heavy atom. The molecule has 0 saturated carbocycles. The summed E-state index contributed by atoms with van der Waals surface area (Å²) in [6, 6.07) is 8.52. The molecule has 2 aromatic rings. The summed E-state index contributed by atoms with van der Waals surface area (Å²) in [5, 5.41) is 0. The molecule has 8 heteroatoms. The number of fused-ring (bicyclic) bond motifs is 1. The molecule has 8 nitrogen and oxygen atoms in total. The fraction of sp³-hybridized carbons (Fsp3) is 0.364. The summed E-state index contributed by atoms with van der Waals surface area (Å²) in [7, 11) is 1.61. The zero-order valence-corrected chi connectivity index (χ0v) is 17.3. The highest BCUT2D eigenvalue weighted by Crippen LogP contribution is 2.20. The van der Waals surface area contributed by atoms with Crippen molar-refractivity contribution in [3.05, 3.63) is 58.4 Å². The van der Waals surface area contributed by atoms with E-state index in [1.165, 1.54) is 0 Å². The first-order chi connectivity index (χ1) is 14.3. The van der Waals surface area contributed by atoms with E-state index in [0.29, 0.717) is 29.8 Å². The minimum Gasteiger partial charge on any atom is -0.456 e. The number of ketones is 1. The number of aryl methyl sites for hydroxylation is 1. The monoisotopic (exact) mass is 412 g/mol. The molecule has 0 spiro atoms. The quantitative estimate of drug-likeness (QED) is 0.372. The second-order valence-corrected chi connectivity index (χ2v) is 7.13. The number of aromatic nitrogens is 1. The molecule has 3 rings (SSSR count). The molecule has 1 aromatic carbocycles. The molecule has 0 bridgehead atoms. The van der Waals surface area contributed by atoms with Gasteiger partial charge in [-0.2, -0.15) is 0 Å². The van der Waals surface area contributed by atoms with Crippen molar-refractivity contribution in [3.63, 3.8) is 0 Å². The number of hydrogen-bond acceptors (Lipinski definition) is 6. The van der Waals surface area contributed by atoms with E-state index < -0.39 is 30.9 Å². The number of carbonyl (C=O) groups is 4. The van der Waals surface area contributed by atoms with Gasteiger partial charge in [0.1, 0.15) is 6.54 Å². The predicted octanol–water partition coefficient (Wildman–Crippen LogP) is 1.70. The lowest BCUT2D eigenvalue weighted by Gasteiger charge is -2.25. The number of hydrogen-bond donors (Lipinski definition) is 0. The number of methoxy groups -OCH3 is 1. The lowest BCUT2D eigenvalue weighted by atomic mass is 9.98. The van der Waals surface area contributed by atoms with E-state index >= 15 is 0 Å². The van der Waals surface area contributed by atoms with E-state index in [4.69, 9.17) is 9.47 Å². The zero-order valence-electron chi connectivity index (χ0n) is 17.3. The first kappa shape index (κ1) is 21.4. The minimum atomic E-state index is -0.808. The van der Waals surface area contributed by atoms with Crippen LogP contribution < -0.4 is 0 Å². The van der Waals surface area contributed by atoms with Crippen LogP contribution in [0.3, 0.4) is 0 Å². The van der Waals surface area contributed by atoms with Crippen LogP contribution in [0.4, 0.5) is 0 Å². The SMILES string of the molecule is COCCn1c(C)cc(C(=O)COC(=O)CN2C(=O)Cc3ccccc3C2=O)c1C. The van der Waals surface area contributed by atoms with Gasteiger partial charge < -0.3 is 14.0 Å². The average Bonchev–Trinajstić information content (AvgIpc) is 3.01. The van der Waals surface area contributed by atoms with Crippen molar-refractivity contribution in [3.8, 4) is 0 Å². The molecule has 0 atom stereocenters. The number of esters is 1. The lowest BCUT2D eigenvalue weighted by Crippen LogP contribution is -2.45. The van der Waals surface area contributed by atoms with Crippen LogP contribution >= 0.6 is 0 Å². The topological polar surface area (TPSA) is 94.9 Å². The van der Waals surface area contributed by atoms with Gasteiger partial charge in [0.15, 0.2) is 6.61 Å². The van der Waals surface area contributed by atoms with Gasteiger partial charge in [-0.3, -0.25) is 24.1 Å². The third-order valence-electron chi connectivity index (χ3n) is 5.18. The maximum absolute atomic E-state index is 12.5. The van der Waals surface area contributed by atoms with Crippen LogP contribution in [0, 0.1) is 13.8 Å². The van der Waals surface area contributed by atoms with Crippen LogP contribution in [0.1, 0.15) is 37.7 Å². The Balaban J connectivity index is 1.61. The van der Waals surface area contributed by atoms with E-state index in [-0.39, 0.29) is 12.2 Å². The highest BCUT2D eigenvalue weighted by atomic mass is 16.5. The lowest BCUT2D eigenvalue weighted by molar-refractivity contribution is -0.146. The predicted molar refractivity (Wildman–Crippen MR) is 107 cm³/mol. The number of ether oxygens (including phenoxy) is 2. The van der Waals surface area contributed by atoms with Gasteiger partial charge in [0.2, 0.25) is 11.7 Å². The molecule has 0 aliphatic carbocycles. The van der Waals surface area contributed by atoms with Crippen molar-refractivity contribution in [2.45, 2.75) is 26.8 Å². The van der Waals surface area contributed by atoms with Gasteiger partial charge in [-0.05, 0) is 31.5 Å². The number of imide groups is 1. The van der Waals surface area contributed by atoms with Crippen molar-refractivity contribution < 1.29 is 28.7 Å². The van der Waals surface area contributed by atoms with Crippen molar-refractivity contribution in [2.24, 2.45) is 0 Å². The first-order valence-electron chi connectivity index (χ1n) is 9.60. The summed E-state index contributed by atoms with van der Waals surface area (Å²) in [6.45, 7) is 3.85. The molecule has 2 amide bonds. The van der Waals surface area contributed by atoms with Crippen molar-refractivity contribution in [1.82, 2.24) is 9.47 Å². The molecule has 1 aliphatic heterocycles. The van der Waals surface area contributed by atoms with Crippen molar-refractivity contribution in [1.29, 1.82) is 0 Å². The van der Waals surface area contributed by atoms with Gasteiger partial charge in [-0.1, -0.05) is 18.2 Å². The summed E-state index contributed by atoms with van der Waals surface area (Å²) in [4.78, 5) is 50.4. The number of amides is 2. The number of nitrogens with zero attached hydrogens (tertiary/aromatic N) is 2. The fourth-order valence-electron chi connectivity index (χ4n) is 3.57. The summed E-state index contributed by atoms with van der Waals surface area (Å²) in [6.07, 6.45) is 0.0432. The molecule has 0 radical (unpaired) electrons. The van der Waals surface area contributed by atoms with Gasteiger partial charge in [0, 0.05) is 36.2 Å². The molecule has 2 heterocycles. The molecule has 0 N–H and O–H groups in total. The minimum absolute atomic E-state index is 0.0432. The normalized spacial score (nSPS) is 13.4. The van der Waals surface area contributed by atoms with Gasteiger partial charge in [-0.15, -0.1) is 0 Å². The van der Waals surface area contributed by atoms with E-state index in [2.05, 4.69) is 0 Å². The molecule has 158 valence electrons. The smallest absolute Gasteiger partial charge is 0.326 e. The summed E-state index contributed by atoms with van der Waals surface area (Å²) in [5.41, 5.74) is 3.17. The van der Waals surface area contributed by atoms with Gasteiger partial charge >= 0.3 is 5.97 Å². The number of rotatable bonds is 8. The Bertz CT molecular complexity index is 1010. The molecule has 1 aliphatic rings. The highest BCUT2D eigenvalue weighted by Gasteiger charge is 2.32. The maximum Gasteiger partial charge on any atom is 0.326 e. The Morgan fingerprint density at radius 2 is 1.87 bits per heavy atom. The zero-order chi connectivity index (χ0) is 21.8. The molecule has 0 unspecified atom stereocenters. The third-order valence-corrected chi connectivity index (χ3v) is 5.18. The Labute approximate surface area is 174 Å². The van der Waals surface area contributed by atoms with Crippen molar-refractivity contribution in [2.75, 3.05) is 26.9 Å². The molecule has 1 aromatic heterocycles. The summed E-state index contributed by atoms with van der Waals surface area (Å²) >= 11 is 0. The average molecular weight is 412 g/mol. The number of benzene rings is 1. The molecule has 0 saturated heterocycles. The third kappa shape index (κ3) is 4.33. The Kier molecular flexibility index (Phi) is 6.47. The van der Waals surface area contributed by atoms with E-state index in [1.807, 2.05) is 18.4 Å². The molecular formula is C22H24N2O6. The number of Topliss-reactive ketones (excluding diaryl/α,β-unsaturated/α-hetero) is 1. The molecule has 30 heavy (non-hydrogen) atoms. The van der Waals surface area contributed by atoms with Crippen LogP contribution in [-0.2, 0) is 32.0 Å². The first-order valence-corrected chi connectivity index (χ1v) is 9.60. The maximum atomic E-state index is 12.5. The van der Waals surface area contributed by atoms with Crippen LogP contribution in [0.25, 0.3) is 0 Å². The van der Waals surface area contributed by atoms with Gasteiger partial charge in [0.05, 0.1) is 13.0 Å². The Hall–Kier alpha value is -3.26. The Morgan fingerprint density at radius 3 is 2.60 bits per heavy atom. The van der Waals surface area contributed by atoms with Crippen LogP contribution in [-0.4, -0.2) is 59.9 Å². The summed E-state index contributed by atoms with van der Waals surface area (Å²) < 4.78 is 12.1. The van der Waals surface area contributed by atoms with Crippen LogP contribution in [0.5, 0.6) is 0 Å². The fourth-order valence-corrected chi connectivity index (χ4v) is 3.57. The summed E-state index contributed by atoms with van der Waals surface area (Å²) in [5.74, 6) is -2.16. The van der Waals surface area contributed by atoms with Crippen LogP contribution in [0.2, 0.25) is 0 Å². The number of carbonyl (C=O) groups excluding carboxylic acids is 4. The second-order valence-electron chi connectivity index (χ2n) is 7.13. The van der Waals surface area contributed by atoms with Crippen LogP contribution in [0.15, 0.2) is 30.3 Å². The van der Waals surface area contributed by atoms with E-state index in [9.17, 15) is 19.2 Å². The standard InChI is InChI=1S/C22H24N2O6/c1-14-10-18(15(2)23(14)8-9-29-3)19(25)13-30-21(27)12-24-20(26)11-16-6-4-5-7-17(16)22(24)28/h4-7,10H,8-9,11-13H2,1-3H3. The highest BCUT2D eigenvalue weighted by molar-refractivity contribution is 6.11. The second kappa shape index (κ2) is 9.04. The van der Waals surface area contributed by atoms with E-state index in [0.717, 1.165) is 16.3 Å². The van der Waals surface area contributed by atoms with Gasteiger partial charge in [-0.25, -0.2) is 0 Å².